The molecule has 7 heteroatoms. The van der Waals surface area contributed by atoms with Crippen molar-refractivity contribution in [1.29, 1.82) is 0 Å². The van der Waals surface area contributed by atoms with E-state index in [1.54, 1.807) is 7.11 Å². The Morgan fingerprint density at radius 1 is 1.31 bits per heavy atom. The summed E-state index contributed by atoms with van der Waals surface area (Å²) in [4.78, 5) is 4.90. The van der Waals surface area contributed by atoms with Gasteiger partial charge in [0.2, 0.25) is 0 Å². The van der Waals surface area contributed by atoms with Gasteiger partial charge in [-0.25, -0.2) is 9.67 Å². The highest BCUT2D eigenvalue weighted by Gasteiger charge is 2.40. The van der Waals surface area contributed by atoms with Gasteiger partial charge >= 0.3 is 0 Å². The molecule has 2 unspecified atom stereocenters. The van der Waals surface area contributed by atoms with Gasteiger partial charge in [-0.3, -0.25) is 4.68 Å². The molecule has 0 radical (unpaired) electrons. The van der Waals surface area contributed by atoms with Gasteiger partial charge in [-0.2, -0.15) is 10.2 Å². The third-order valence-electron chi connectivity index (χ3n) is 5.76. The second kappa shape index (κ2) is 6.78. The van der Waals surface area contributed by atoms with Crippen LogP contribution in [0, 0.1) is 0 Å². The average Bonchev–Trinajstić information content (AvgIpc) is 3.29. The lowest BCUT2D eigenvalue weighted by atomic mass is 9.98. The molecule has 1 saturated heterocycles. The number of aromatic nitrogens is 5. The second-order valence-corrected chi connectivity index (χ2v) is 7.99. The van der Waals surface area contributed by atoms with E-state index in [9.17, 15) is 0 Å². The smallest absolute Gasteiger partial charge is 0.162 e. The molecule has 2 aliphatic rings. The molecule has 4 heterocycles. The molecule has 142 valence electrons. The minimum Gasteiger partial charge on any atom is -0.384 e. The molecule has 0 spiro atoms. The molecule has 4 rings (SSSR count). The summed E-state index contributed by atoms with van der Waals surface area (Å²) in [7, 11) is 1.71. The van der Waals surface area contributed by atoms with Crippen molar-refractivity contribution < 1.29 is 9.47 Å². The van der Waals surface area contributed by atoms with Crippen LogP contribution in [0.1, 0.15) is 63.6 Å². The summed E-state index contributed by atoms with van der Waals surface area (Å²) < 4.78 is 15.5. The fourth-order valence-electron chi connectivity index (χ4n) is 4.25. The zero-order chi connectivity index (χ0) is 18.3. The first-order valence-electron chi connectivity index (χ1n) is 9.66. The fourth-order valence-corrected chi connectivity index (χ4v) is 4.25. The summed E-state index contributed by atoms with van der Waals surface area (Å²) in [6.45, 7) is 7.90. The highest BCUT2D eigenvalue weighted by Crippen LogP contribution is 2.39. The molecular weight excluding hydrogens is 330 g/mol. The predicted molar refractivity (Wildman–Crippen MR) is 98.2 cm³/mol. The maximum absolute atomic E-state index is 5.97. The number of methoxy groups -OCH3 is 1. The Morgan fingerprint density at radius 3 is 2.88 bits per heavy atom. The summed E-state index contributed by atoms with van der Waals surface area (Å²) >= 11 is 0. The van der Waals surface area contributed by atoms with E-state index in [0.717, 1.165) is 36.7 Å². The molecule has 2 aromatic rings. The van der Waals surface area contributed by atoms with Crippen LogP contribution in [0.25, 0.3) is 11.4 Å². The summed E-state index contributed by atoms with van der Waals surface area (Å²) in [6, 6.07) is 0.626. The van der Waals surface area contributed by atoms with Crippen molar-refractivity contribution in [3.63, 3.8) is 0 Å². The number of rotatable bonds is 5. The zero-order valence-electron chi connectivity index (χ0n) is 16.2. The van der Waals surface area contributed by atoms with Gasteiger partial charge in [-0.1, -0.05) is 0 Å². The number of hydrogen-bond donors (Lipinski definition) is 0. The van der Waals surface area contributed by atoms with Crippen LogP contribution in [-0.4, -0.2) is 50.5 Å². The van der Waals surface area contributed by atoms with Gasteiger partial charge in [0.15, 0.2) is 11.6 Å². The van der Waals surface area contributed by atoms with Crippen molar-refractivity contribution in [2.24, 2.45) is 0 Å². The van der Waals surface area contributed by atoms with Crippen LogP contribution < -0.4 is 0 Å². The third kappa shape index (κ3) is 2.97. The van der Waals surface area contributed by atoms with E-state index in [-0.39, 0.29) is 11.6 Å². The van der Waals surface area contributed by atoms with Gasteiger partial charge in [-0.05, 0) is 46.5 Å². The van der Waals surface area contributed by atoms with Gasteiger partial charge in [-0.15, -0.1) is 0 Å². The van der Waals surface area contributed by atoms with Crippen LogP contribution in [0.4, 0.5) is 0 Å². The summed E-state index contributed by atoms with van der Waals surface area (Å²) in [5.41, 5.74) is 2.16. The van der Waals surface area contributed by atoms with Crippen molar-refractivity contribution in [1.82, 2.24) is 24.5 Å². The molecule has 7 nitrogen and oxygen atoms in total. The topological polar surface area (TPSA) is 67.0 Å². The monoisotopic (exact) mass is 359 g/mol. The molecular formula is C19H29N5O2. The lowest BCUT2D eigenvalue weighted by molar-refractivity contribution is 0.0121. The highest BCUT2D eigenvalue weighted by molar-refractivity contribution is 5.58. The van der Waals surface area contributed by atoms with E-state index in [4.69, 9.17) is 19.6 Å². The lowest BCUT2D eigenvalue weighted by Crippen LogP contribution is -2.31. The Balaban J connectivity index is 1.79. The summed E-state index contributed by atoms with van der Waals surface area (Å²) in [5.74, 6) is 1.75. The van der Waals surface area contributed by atoms with Crippen molar-refractivity contribution in [3.05, 3.63) is 17.7 Å². The number of hydrogen-bond acceptors (Lipinski definition) is 5. The first-order chi connectivity index (χ1) is 12.5. The number of nitrogens with zero attached hydrogens (tertiary/aromatic N) is 5. The molecule has 0 bridgehead atoms. The molecule has 2 atom stereocenters. The van der Waals surface area contributed by atoms with Crippen LogP contribution in [0.15, 0.2) is 6.20 Å². The van der Waals surface area contributed by atoms with Gasteiger partial charge in [0, 0.05) is 31.9 Å². The Hall–Kier alpha value is -1.73. The van der Waals surface area contributed by atoms with Crippen LogP contribution in [0.3, 0.4) is 0 Å². The fraction of sp³-hybridized carbons (Fsp3) is 0.737. The highest BCUT2D eigenvalue weighted by atomic mass is 16.5. The SMILES string of the molecule is COCCc1nc(-c2cnn3c2CCCC3C)n(C2CCOC2(C)C)n1. The maximum Gasteiger partial charge on any atom is 0.162 e. The largest absolute Gasteiger partial charge is 0.384 e. The summed E-state index contributed by atoms with van der Waals surface area (Å²) in [6.07, 6.45) is 7.06. The molecule has 26 heavy (non-hydrogen) atoms. The van der Waals surface area contributed by atoms with Crippen molar-refractivity contribution >= 4 is 0 Å². The minimum absolute atomic E-state index is 0.179. The lowest BCUT2D eigenvalue weighted by Gasteiger charge is -2.27. The number of ether oxygens (including phenoxy) is 2. The molecule has 2 aliphatic heterocycles. The van der Waals surface area contributed by atoms with E-state index in [2.05, 4.69) is 35.2 Å². The Bertz CT molecular complexity index is 779. The van der Waals surface area contributed by atoms with Gasteiger partial charge < -0.3 is 9.47 Å². The second-order valence-electron chi connectivity index (χ2n) is 7.99. The first-order valence-corrected chi connectivity index (χ1v) is 9.66. The number of fused-ring (bicyclic) bond motifs is 1. The minimum atomic E-state index is -0.249. The first kappa shape index (κ1) is 17.7. The normalized spacial score (nSPS) is 24.8. The predicted octanol–water partition coefficient (Wildman–Crippen LogP) is 2.97. The standard InChI is InChI=1S/C19H29N5O2/c1-13-6-5-7-15-14(12-20-23(13)15)18-21-17(9-10-25-4)22-24(18)16-8-11-26-19(16,2)3/h12-13,16H,5-11H2,1-4H3. The molecule has 0 saturated carbocycles. The van der Waals surface area contributed by atoms with Gasteiger partial charge in [0.1, 0.15) is 0 Å². The van der Waals surface area contributed by atoms with E-state index in [1.807, 2.05) is 6.20 Å². The van der Waals surface area contributed by atoms with Crippen LogP contribution >= 0.6 is 0 Å². The van der Waals surface area contributed by atoms with E-state index < -0.39 is 0 Å². The molecule has 1 fully saturated rings. The molecule has 0 N–H and O–H groups in total. The van der Waals surface area contributed by atoms with E-state index >= 15 is 0 Å². The van der Waals surface area contributed by atoms with Crippen LogP contribution in [-0.2, 0) is 22.3 Å². The van der Waals surface area contributed by atoms with Gasteiger partial charge in [0.05, 0.1) is 30.0 Å². The van der Waals surface area contributed by atoms with Crippen molar-refractivity contribution in [2.45, 2.75) is 70.6 Å². The third-order valence-corrected chi connectivity index (χ3v) is 5.76. The van der Waals surface area contributed by atoms with Crippen LogP contribution in [0.5, 0.6) is 0 Å². The Kier molecular flexibility index (Phi) is 4.61. The van der Waals surface area contributed by atoms with Crippen molar-refractivity contribution in [3.8, 4) is 11.4 Å². The Labute approximate surface area is 154 Å². The molecule has 0 amide bonds. The average molecular weight is 359 g/mol. The molecule has 0 aromatic carbocycles. The van der Waals surface area contributed by atoms with E-state index in [0.29, 0.717) is 19.1 Å². The summed E-state index contributed by atoms with van der Waals surface area (Å²) in [5, 5.41) is 9.53. The van der Waals surface area contributed by atoms with Crippen molar-refractivity contribution in [2.75, 3.05) is 20.3 Å². The molecule has 0 aliphatic carbocycles. The van der Waals surface area contributed by atoms with Crippen LogP contribution in [0.2, 0.25) is 0 Å². The quantitative estimate of drug-likeness (QED) is 0.821. The van der Waals surface area contributed by atoms with Gasteiger partial charge in [0.25, 0.3) is 0 Å². The molecule has 2 aromatic heterocycles. The Morgan fingerprint density at radius 2 is 2.15 bits per heavy atom. The zero-order valence-corrected chi connectivity index (χ0v) is 16.2. The maximum atomic E-state index is 5.97. The van der Waals surface area contributed by atoms with E-state index in [1.165, 1.54) is 18.5 Å².